The first-order valence-corrected chi connectivity index (χ1v) is 6.26. The number of nitrogens with zero attached hydrogens (tertiary/aromatic N) is 3. The highest BCUT2D eigenvalue weighted by Crippen LogP contribution is 2.32. The van der Waals surface area contributed by atoms with Crippen LogP contribution in [0.3, 0.4) is 0 Å². The minimum absolute atomic E-state index is 0.0840. The van der Waals surface area contributed by atoms with E-state index in [1.165, 1.54) is 6.33 Å². The van der Waals surface area contributed by atoms with Crippen molar-refractivity contribution in [1.82, 2.24) is 9.97 Å². The van der Waals surface area contributed by atoms with Crippen molar-refractivity contribution < 1.29 is 9.34 Å². The molecule has 0 aliphatic heterocycles. The molecule has 0 aliphatic carbocycles. The number of hydrogen-bond acceptors (Lipinski definition) is 6. The zero-order valence-electron chi connectivity index (χ0n) is 11.2. The van der Waals surface area contributed by atoms with Crippen LogP contribution in [0.5, 0.6) is 0 Å². The fourth-order valence-electron chi connectivity index (χ4n) is 1.99. The van der Waals surface area contributed by atoms with Crippen molar-refractivity contribution in [3.8, 4) is 0 Å². The number of furan rings is 1. The standard InChI is InChI=1S/C12H13ClN4O3/c1-6-4-9(8(3)20-6)7(2)16-12-10(17(18)19)11(13)14-5-15-12/h4-5,7H,1-3H3,(H,14,15,16). The van der Waals surface area contributed by atoms with Crippen LogP contribution in [-0.4, -0.2) is 14.9 Å². The Morgan fingerprint density at radius 1 is 1.45 bits per heavy atom. The lowest BCUT2D eigenvalue weighted by atomic mass is 10.1. The van der Waals surface area contributed by atoms with Gasteiger partial charge in [0.05, 0.1) is 11.0 Å². The van der Waals surface area contributed by atoms with Gasteiger partial charge < -0.3 is 9.73 Å². The monoisotopic (exact) mass is 296 g/mol. The first-order chi connectivity index (χ1) is 9.40. The SMILES string of the molecule is Cc1cc(C(C)Nc2ncnc(Cl)c2[N+](=O)[O-])c(C)o1. The van der Waals surface area contributed by atoms with E-state index < -0.39 is 4.92 Å². The van der Waals surface area contributed by atoms with Crippen molar-refractivity contribution in [2.45, 2.75) is 26.8 Å². The average Bonchev–Trinajstić information content (AvgIpc) is 2.68. The molecule has 2 rings (SSSR count). The molecule has 0 aromatic carbocycles. The first kappa shape index (κ1) is 14.3. The molecule has 0 amide bonds. The Balaban J connectivity index is 2.33. The van der Waals surface area contributed by atoms with E-state index in [-0.39, 0.29) is 22.7 Å². The summed E-state index contributed by atoms with van der Waals surface area (Å²) >= 11 is 5.74. The predicted molar refractivity (Wildman–Crippen MR) is 73.9 cm³/mol. The van der Waals surface area contributed by atoms with E-state index in [0.29, 0.717) is 0 Å². The Labute approximate surface area is 120 Å². The van der Waals surface area contributed by atoms with E-state index in [0.717, 1.165) is 17.1 Å². The van der Waals surface area contributed by atoms with E-state index in [9.17, 15) is 10.1 Å². The maximum atomic E-state index is 11.0. The Morgan fingerprint density at radius 3 is 2.70 bits per heavy atom. The molecule has 1 unspecified atom stereocenters. The molecule has 20 heavy (non-hydrogen) atoms. The quantitative estimate of drug-likeness (QED) is 0.528. The zero-order valence-corrected chi connectivity index (χ0v) is 11.9. The second-order valence-corrected chi connectivity index (χ2v) is 4.71. The summed E-state index contributed by atoms with van der Waals surface area (Å²) in [6, 6.07) is 1.67. The summed E-state index contributed by atoms with van der Waals surface area (Å²) in [7, 11) is 0. The second-order valence-electron chi connectivity index (χ2n) is 4.35. The number of nitro groups is 1. The van der Waals surface area contributed by atoms with Gasteiger partial charge in [-0.05, 0) is 26.8 Å². The van der Waals surface area contributed by atoms with Gasteiger partial charge in [0.2, 0.25) is 11.0 Å². The van der Waals surface area contributed by atoms with Crippen LogP contribution in [-0.2, 0) is 0 Å². The molecule has 7 nitrogen and oxygen atoms in total. The summed E-state index contributed by atoms with van der Waals surface area (Å²) in [5, 5.41) is 13.8. The van der Waals surface area contributed by atoms with Crippen LogP contribution in [0.15, 0.2) is 16.8 Å². The van der Waals surface area contributed by atoms with Crippen LogP contribution < -0.4 is 5.32 Å². The number of aryl methyl sites for hydroxylation is 2. The van der Waals surface area contributed by atoms with Crippen LogP contribution in [0.2, 0.25) is 5.15 Å². The summed E-state index contributed by atoms with van der Waals surface area (Å²) in [6.07, 6.45) is 1.18. The molecule has 0 aliphatic rings. The summed E-state index contributed by atoms with van der Waals surface area (Å²) in [5.41, 5.74) is 0.574. The van der Waals surface area contributed by atoms with Crippen molar-refractivity contribution in [3.05, 3.63) is 44.7 Å². The first-order valence-electron chi connectivity index (χ1n) is 5.88. The molecule has 0 bridgehead atoms. The van der Waals surface area contributed by atoms with Crippen LogP contribution >= 0.6 is 11.6 Å². The highest BCUT2D eigenvalue weighted by molar-refractivity contribution is 6.31. The van der Waals surface area contributed by atoms with Crippen LogP contribution in [0.4, 0.5) is 11.5 Å². The van der Waals surface area contributed by atoms with Crippen molar-refractivity contribution >= 4 is 23.1 Å². The minimum Gasteiger partial charge on any atom is -0.466 e. The van der Waals surface area contributed by atoms with E-state index >= 15 is 0 Å². The minimum atomic E-state index is -0.606. The smallest absolute Gasteiger partial charge is 0.348 e. The van der Waals surface area contributed by atoms with Gasteiger partial charge in [-0.2, -0.15) is 0 Å². The van der Waals surface area contributed by atoms with Gasteiger partial charge >= 0.3 is 5.69 Å². The van der Waals surface area contributed by atoms with Crippen molar-refractivity contribution in [1.29, 1.82) is 0 Å². The molecule has 2 aromatic heterocycles. The highest BCUT2D eigenvalue weighted by Gasteiger charge is 2.24. The van der Waals surface area contributed by atoms with Crippen molar-refractivity contribution in [2.75, 3.05) is 5.32 Å². The topological polar surface area (TPSA) is 94.1 Å². The summed E-state index contributed by atoms with van der Waals surface area (Å²) in [5.74, 6) is 1.62. The van der Waals surface area contributed by atoms with Gasteiger partial charge in [-0.3, -0.25) is 10.1 Å². The maximum absolute atomic E-state index is 11.0. The van der Waals surface area contributed by atoms with Gasteiger partial charge in [0.15, 0.2) is 0 Å². The zero-order chi connectivity index (χ0) is 14.9. The Morgan fingerprint density at radius 2 is 2.15 bits per heavy atom. The number of aromatic nitrogens is 2. The molecule has 106 valence electrons. The van der Waals surface area contributed by atoms with Gasteiger partial charge in [-0.1, -0.05) is 11.6 Å². The van der Waals surface area contributed by atoms with E-state index in [1.54, 1.807) is 0 Å². The molecule has 2 heterocycles. The molecule has 0 saturated heterocycles. The Hall–Kier alpha value is -2.15. The summed E-state index contributed by atoms with van der Waals surface area (Å²) < 4.78 is 5.44. The Kier molecular flexibility index (Phi) is 3.89. The molecule has 0 spiro atoms. The maximum Gasteiger partial charge on any atom is 0.348 e. The number of nitrogens with one attached hydrogen (secondary N) is 1. The summed E-state index contributed by atoms with van der Waals surface area (Å²) in [6.45, 7) is 5.53. The summed E-state index contributed by atoms with van der Waals surface area (Å²) in [4.78, 5) is 17.9. The molecular weight excluding hydrogens is 284 g/mol. The molecule has 0 radical (unpaired) electrons. The lowest BCUT2D eigenvalue weighted by molar-refractivity contribution is -0.384. The van der Waals surface area contributed by atoms with Gasteiger partial charge in [-0.25, -0.2) is 9.97 Å². The highest BCUT2D eigenvalue weighted by atomic mass is 35.5. The number of rotatable bonds is 4. The number of hydrogen-bond donors (Lipinski definition) is 1. The second kappa shape index (κ2) is 5.46. The van der Waals surface area contributed by atoms with Crippen molar-refractivity contribution in [2.24, 2.45) is 0 Å². The lowest BCUT2D eigenvalue weighted by Crippen LogP contribution is -2.10. The van der Waals surface area contributed by atoms with Gasteiger partial charge in [0.25, 0.3) is 0 Å². The third kappa shape index (κ3) is 2.72. The molecule has 8 heteroatoms. The van der Waals surface area contributed by atoms with Gasteiger partial charge in [0, 0.05) is 5.56 Å². The lowest BCUT2D eigenvalue weighted by Gasteiger charge is -2.13. The molecule has 0 saturated carbocycles. The molecule has 1 N–H and O–H groups in total. The fourth-order valence-corrected chi connectivity index (χ4v) is 2.19. The van der Waals surface area contributed by atoms with E-state index in [4.69, 9.17) is 16.0 Å². The van der Waals surface area contributed by atoms with Crippen LogP contribution in [0.1, 0.15) is 30.0 Å². The predicted octanol–water partition coefficient (Wildman–Crippen LogP) is 3.42. The molecule has 0 fully saturated rings. The third-order valence-corrected chi connectivity index (χ3v) is 3.14. The molecule has 1 atom stereocenters. The number of anilines is 1. The van der Waals surface area contributed by atoms with E-state index in [2.05, 4.69) is 15.3 Å². The molecule has 2 aromatic rings. The largest absolute Gasteiger partial charge is 0.466 e. The van der Waals surface area contributed by atoms with Gasteiger partial charge in [-0.15, -0.1) is 0 Å². The fraction of sp³-hybridized carbons (Fsp3) is 0.333. The molecular formula is C12H13ClN4O3. The normalized spacial score (nSPS) is 12.2. The average molecular weight is 297 g/mol. The number of halogens is 1. The van der Waals surface area contributed by atoms with Gasteiger partial charge in [0.1, 0.15) is 17.8 Å². The van der Waals surface area contributed by atoms with Crippen LogP contribution in [0.25, 0.3) is 0 Å². The van der Waals surface area contributed by atoms with Crippen molar-refractivity contribution in [3.63, 3.8) is 0 Å². The van der Waals surface area contributed by atoms with Crippen LogP contribution in [0, 0.1) is 24.0 Å². The Bertz CT molecular complexity index is 656. The third-order valence-electron chi connectivity index (χ3n) is 2.86. The van der Waals surface area contributed by atoms with E-state index in [1.807, 2.05) is 26.8 Å².